The zero-order valence-electron chi connectivity index (χ0n) is 22.8. The van der Waals surface area contributed by atoms with Crippen LogP contribution < -0.4 is 0 Å². The smallest absolute Gasteiger partial charge is 0.306 e. The minimum absolute atomic E-state index is 0. The highest BCUT2D eigenvalue weighted by atomic mass is 127. The van der Waals surface area contributed by atoms with E-state index >= 15 is 0 Å². The number of aliphatic hydroxyl groups excluding tert-OH is 1. The average molecular weight is 809 g/mol. The van der Waals surface area contributed by atoms with Crippen molar-refractivity contribution in [1.82, 2.24) is 0 Å². The van der Waals surface area contributed by atoms with Gasteiger partial charge < -0.3 is 9.84 Å². The van der Waals surface area contributed by atoms with Crippen LogP contribution in [0.2, 0.25) is 0 Å². The van der Waals surface area contributed by atoms with Crippen LogP contribution in [0.1, 0.15) is 127 Å². The minimum atomic E-state index is -0.304. The maximum Gasteiger partial charge on any atom is 0.306 e. The van der Waals surface area contributed by atoms with Gasteiger partial charge in [-0.1, -0.05) is 90.8 Å². The van der Waals surface area contributed by atoms with E-state index in [1.165, 1.54) is 12.7 Å². The van der Waals surface area contributed by atoms with Crippen LogP contribution in [0.3, 0.4) is 0 Å². The summed E-state index contributed by atoms with van der Waals surface area (Å²) in [4.78, 5) is 21.9. The van der Waals surface area contributed by atoms with E-state index in [0.717, 1.165) is 68.1 Å². The second-order valence-corrected chi connectivity index (χ2v) is 12.5. The number of aliphatic hydroxyl groups is 1. The molecule has 4 nitrogen and oxygen atoms in total. The molecule has 41 heavy (non-hydrogen) atoms. The van der Waals surface area contributed by atoms with E-state index in [2.05, 4.69) is 102 Å². The van der Waals surface area contributed by atoms with E-state index in [1.807, 2.05) is 18.2 Å². The van der Waals surface area contributed by atoms with Gasteiger partial charge in [0.05, 0.1) is 6.10 Å². The van der Waals surface area contributed by atoms with Crippen LogP contribution in [0.4, 0.5) is 0 Å². The summed E-state index contributed by atoms with van der Waals surface area (Å²) in [6.07, 6.45) is 16.8. The fourth-order valence-electron chi connectivity index (χ4n) is 4.24. The highest BCUT2D eigenvalue weighted by molar-refractivity contribution is 14.1. The third kappa shape index (κ3) is 15.2. The molecule has 2 unspecified atom stereocenters. The van der Waals surface area contributed by atoms with Crippen LogP contribution in [0.5, 0.6) is 0 Å². The van der Waals surface area contributed by atoms with Gasteiger partial charge in [-0.25, -0.2) is 0 Å². The number of benzene rings is 2. The Morgan fingerprint density at radius 1 is 0.829 bits per heavy atom. The predicted molar refractivity (Wildman–Crippen MR) is 192 cm³/mol. The Morgan fingerprint density at radius 2 is 1.34 bits per heavy atom. The van der Waals surface area contributed by atoms with Gasteiger partial charge in [-0.05, 0) is 117 Å². The first kappa shape index (κ1) is 39.8. The maximum atomic E-state index is 11.8. The Bertz CT molecular complexity index is 1130. The van der Waals surface area contributed by atoms with E-state index in [0.29, 0.717) is 12.8 Å². The summed E-state index contributed by atoms with van der Waals surface area (Å²) in [7, 11) is 0. The second kappa shape index (κ2) is 22.3. The number of carbonyl (C=O) groups is 2. The lowest BCUT2D eigenvalue weighted by molar-refractivity contribution is -0.149. The predicted octanol–water partition coefficient (Wildman–Crippen LogP) is 11.2. The molecule has 4 rings (SSSR count). The number of ether oxygens (including phenoxy) is 1. The minimum Gasteiger partial charge on any atom is -0.457 e. The Hall–Kier alpha value is -1.23. The fraction of sp³-hybridized carbons (Fsp3) is 0.471. The SMILES string of the molecule is C.C.CCCCCC(=O)Cl.CCCCCC(=O)OC1CC=Cc2cc(I)ccc21.OC1CC=Cc2cc(I)ccc21. The van der Waals surface area contributed by atoms with Crippen molar-refractivity contribution in [2.45, 2.75) is 105 Å². The van der Waals surface area contributed by atoms with Crippen molar-refractivity contribution in [3.63, 3.8) is 0 Å². The molecular weight excluding hydrogens is 762 g/mol. The molecule has 2 aromatic rings. The van der Waals surface area contributed by atoms with Gasteiger partial charge in [-0.3, -0.25) is 9.59 Å². The lowest BCUT2D eigenvalue weighted by atomic mass is 9.95. The molecule has 0 saturated carbocycles. The Kier molecular flexibility index (Phi) is 21.7. The number of hydrogen-bond acceptors (Lipinski definition) is 4. The topological polar surface area (TPSA) is 63.6 Å². The molecule has 0 aliphatic heterocycles. The number of unbranched alkanes of at least 4 members (excludes halogenated alkanes) is 4. The molecule has 2 atom stereocenters. The fourth-order valence-corrected chi connectivity index (χ4v) is 5.40. The van der Waals surface area contributed by atoms with E-state index in [4.69, 9.17) is 16.3 Å². The van der Waals surface area contributed by atoms with E-state index in [9.17, 15) is 14.7 Å². The number of rotatable bonds is 9. The summed E-state index contributed by atoms with van der Waals surface area (Å²) in [6.45, 7) is 4.23. The molecule has 0 heterocycles. The molecular formula is C34H47ClI2O4. The van der Waals surface area contributed by atoms with E-state index in [1.54, 1.807) is 0 Å². The third-order valence-corrected chi connectivity index (χ3v) is 7.87. The second-order valence-electron chi connectivity index (χ2n) is 9.59. The monoisotopic (exact) mass is 808 g/mol. The van der Waals surface area contributed by atoms with Crippen molar-refractivity contribution in [2.75, 3.05) is 0 Å². The highest BCUT2D eigenvalue weighted by Crippen LogP contribution is 2.32. The van der Waals surface area contributed by atoms with Gasteiger partial charge >= 0.3 is 5.97 Å². The molecule has 0 bridgehead atoms. The molecule has 0 radical (unpaired) electrons. The maximum absolute atomic E-state index is 11.8. The van der Waals surface area contributed by atoms with E-state index < -0.39 is 0 Å². The van der Waals surface area contributed by atoms with Gasteiger partial charge in [0, 0.05) is 32.0 Å². The highest BCUT2D eigenvalue weighted by Gasteiger charge is 2.20. The Morgan fingerprint density at radius 3 is 1.90 bits per heavy atom. The van der Waals surface area contributed by atoms with E-state index in [-0.39, 0.29) is 38.3 Å². The van der Waals surface area contributed by atoms with Gasteiger partial charge in [-0.2, -0.15) is 0 Å². The lowest BCUT2D eigenvalue weighted by Gasteiger charge is -2.22. The van der Waals surface area contributed by atoms with Crippen molar-refractivity contribution in [3.8, 4) is 0 Å². The number of hydrogen-bond donors (Lipinski definition) is 1. The normalized spacial score (nSPS) is 15.8. The molecule has 2 aliphatic carbocycles. The number of carbonyl (C=O) groups excluding carboxylic acids is 2. The molecule has 0 saturated heterocycles. The summed E-state index contributed by atoms with van der Waals surface area (Å²) in [5.74, 6) is -0.0711. The quantitative estimate of drug-likeness (QED) is 0.119. The van der Waals surface area contributed by atoms with Gasteiger partial charge in [0.2, 0.25) is 5.24 Å². The summed E-state index contributed by atoms with van der Waals surface area (Å²) in [5, 5.41) is 9.39. The van der Waals surface area contributed by atoms with Crippen LogP contribution in [0, 0.1) is 7.14 Å². The number of fused-ring (bicyclic) bond motifs is 2. The molecule has 1 N–H and O–H groups in total. The van der Waals surface area contributed by atoms with Gasteiger partial charge in [-0.15, -0.1) is 0 Å². The van der Waals surface area contributed by atoms with Crippen LogP contribution in [0.25, 0.3) is 12.2 Å². The first-order valence-corrected chi connectivity index (χ1v) is 16.3. The summed E-state index contributed by atoms with van der Waals surface area (Å²) < 4.78 is 8.03. The molecule has 0 spiro atoms. The molecule has 0 fully saturated rings. The summed E-state index contributed by atoms with van der Waals surface area (Å²) in [6, 6.07) is 12.4. The molecule has 2 aliphatic rings. The largest absolute Gasteiger partial charge is 0.457 e. The lowest BCUT2D eigenvalue weighted by Crippen LogP contribution is -2.13. The molecule has 7 heteroatoms. The van der Waals surface area contributed by atoms with Crippen molar-refractivity contribution >= 4 is 80.1 Å². The van der Waals surface area contributed by atoms with Crippen molar-refractivity contribution in [2.24, 2.45) is 0 Å². The zero-order valence-corrected chi connectivity index (χ0v) is 27.9. The molecule has 228 valence electrons. The first-order chi connectivity index (χ1) is 18.7. The number of halogens is 3. The molecule has 2 aromatic carbocycles. The molecule has 0 aromatic heterocycles. The van der Waals surface area contributed by atoms with Crippen LogP contribution in [-0.2, 0) is 14.3 Å². The van der Waals surface area contributed by atoms with Gasteiger partial charge in [0.1, 0.15) is 6.10 Å². The van der Waals surface area contributed by atoms with Crippen LogP contribution in [0.15, 0.2) is 48.6 Å². The van der Waals surface area contributed by atoms with Crippen LogP contribution >= 0.6 is 56.8 Å². The van der Waals surface area contributed by atoms with Crippen molar-refractivity contribution in [1.29, 1.82) is 0 Å². The van der Waals surface area contributed by atoms with Gasteiger partial charge in [0.25, 0.3) is 0 Å². The average Bonchev–Trinajstić information content (AvgIpc) is 2.89. The van der Waals surface area contributed by atoms with Crippen molar-refractivity contribution in [3.05, 3.63) is 77.9 Å². The standard InChI is InChI=1S/C16H19IO2.C10H9IO.C6H11ClO.2CH4/c1-2-3-4-8-16(18)19-15-7-5-6-12-11-13(17)9-10-14(12)15;11-8-4-5-9-7(6-8)2-1-3-10(9)12;1-2-3-4-5-6(7)8;;/h5-6,9-11,15H,2-4,7-8H2,1H3;1-2,4-6,10,12H,3H2;2-5H2,1H3;2*1H4. The number of esters is 1. The zero-order chi connectivity index (χ0) is 28.6. The first-order valence-electron chi connectivity index (χ1n) is 13.7. The van der Waals surface area contributed by atoms with Crippen molar-refractivity contribution < 1.29 is 19.4 Å². The summed E-state index contributed by atoms with van der Waals surface area (Å²) >= 11 is 9.65. The summed E-state index contributed by atoms with van der Waals surface area (Å²) in [5.41, 5.74) is 4.51. The van der Waals surface area contributed by atoms with Crippen LogP contribution in [-0.4, -0.2) is 16.3 Å². The Labute approximate surface area is 280 Å². The van der Waals surface area contributed by atoms with Gasteiger partial charge in [0.15, 0.2) is 0 Å². The Balaban J connectivity index is 0.000000628. The third-order valence-electron chi connectivity index (χ3n) is 6.34. The molecule has 0 amide bonds.